The lowest BCUT2D eigenvalue weighted by Gasteiger charge is -2.08. The predicted octanol–water partition coefficient (Wildman–Crippen LogP) is 2.07. The van der Waals surface area contributed by atoms with E-state index in [0.29, 0.717) is 10.2 Å². The number of aliphatic hydroxyl groups is 1. The van der Waals surface area contributed by atoms with Gasteiger partial charge >= 0.3 is 6.36 Å². The Balaban J connectivity index is 2.44. The van der Waals surface area contributed by atoms with Gasteiger partial charge in [0.05, 0.1) is 16.8 Å². The molecule has 0 spiro atoms. The fourth-order valence-corrected chi connectivity index (χ4v) is 2.55. The topological polar surface area (TPSA) is 58.2 Å². The van der Waals surface area contributed by atoms with Gasteiger partial charge in [0.15, 0.2) is 4.80 Å². The molecule has 0 radical (unpaired) electrons. The van der Waals surface area contributed by atoms with E-state index >= 15 is 0 Å². The Kier molecular flexibility index (Phi) is 3.31. The number of rotatable bonds is 3. The summed E-state index contributed by atoms with van der Waals surface area (Å²) in [6, 6.07) is 3.87. The number of thiazole rings is 1. The smallest absolute Gasteiger partial charge is 0.406 e. The molecule has 0 bridgehead atoms. The zero-order chi connectivity index (χ0) is 13.3. The van der Waals surface area contributed by atoms with Crippen molar-refractivity contribution in [3.05, 3.63) is 23.0 Å². The first-order valence-corrected chi connectivity index (χ1v) is 5.77. The minimum atomic E-state index is -4.73. The van der Waals surface area contributed by atoms with Gasteiger partial charge in [0, 0.05) is 6.54 Å². The molecule has 98 valence electrons. The first-order valence-electron chi connectivity index (χ1n) is 4.95. The van der Waals surface area contributed by atoms with Crippen LogP contribution in [0.2, 0.25) is 0 Å². The van der Waals surface area contributed by atoms with Crippen LogP contribution in [0.15, 0.2) is 18.2 Å². The van der Waals surface area contributed by atoms with Gasteiger partial charge in [0.2, 0.25) is 0 Å². The molecule has 1 heterocycles. The highest BCUT2D eigenvalue weighted by Gasteiger charge is 2.31. The summed E-state index contributed by atoms with van der Waals surface area (Å²) in [5, 5.41) is 16.5. The third-order valence-corrected chi connectivity index (χ3v) is 3.19. The van der Waals surface area contributed by atoms with E-state index in [1.165, 1.54) is 22.8 Å². The van der Waals surface area contributed by atoms with Crippen molar-refractivity contribution in [3.8, 4) is 5.75 Å². The van der Waals surface area contributed by atoms with E-state index in [1.807, 2.05) is 0 Å². The second-order valence-electron chi connectivity index (χ2n) is 3.46. The van der Waals surface area contributed by atoms with Crippen LogP contribution < -0.4 is 9.54 Å². The third-order valence-electron chi connectivity index (χ3n) is 2.23. The average molecular weight is 278 g/mol. The van der Waals surface area contributed by atoms with E-state index in [1.54, 1.807) is 0 Å². The van der Waals surface area contributed by atoms with Crippen molar-refractivity contribution >= 4 is 21.6 Å². The minimum absolute atomic E-state index is 0.136. The summed E-state index contributed by atoms with van der Waals surface area (Å²) in [4.78, 5) is 0.170. The number of nitrogens with zero attached hydrogens (tertiary/aromatic N) is 1. The molecular formula is C10H9F3N2O2S. The van der Waals surface area contributed by atoms with Crippen molar-refractivity contribution in [2.24, 2.45) is 0 Å². The van der Waals surface area contributed by atoms with Crippen molar-refractivity contribution in [2.45, 2.75) is 12.9 Å². The number of benzene rings is 1. The second-order valence-corrected chi connectivity index (χ2v) is 4.49. The van der Waals surface area contributed by atoms with Crippen molar-refractivity contribution in [1.82, 2.24) is 4.57 Å². The maximum absolute atomic E-state index is 12.1. The van der Waals surface area contributed by atoms with Crippen LogP contribution in [0.1, 0.15) is 0 Å². The van der Waals surface area contributed by atoms with Gasteiger partial charge in [0.1, 0.15) is 5.75 Å². The zero-order valence-electron chi connectivity index (χ0n) is 8.99. The molecule has 4 nitrogen and oxygen atoms in total. The van der Waals surface area contributed by atoms with Gasteiger partial charge in [-0.15, -0.1) is 13.2 Å². The minimum Gasteiger partial charge on any atom is -0.406 e. The number of hydrogen-bond acceptors (Lipinski definition) is 4. The van der Waals surface area contributed by atoms with Gasteiger partial charge in [-0.3, -0.25) is 5.41 Å². The van der Waals surface area contributed by atoms with E-state index < -0.39 is 6.36 Å². The fourth-order valence-electron chi connectivity index (χ4n) is 1.59. The predicted molar refractivity (Wildman–Crippen MR) is 59.4 cm³/mol. The Morgan fingerprint density at radius 3 is 2.72 bits per heavy atom. The lowest BCUT2D eigenvalue weighted by Crippen LogP contribution is -2.17. The quantitative estimate of drug-likeness (QED) is 0.903. The van der Waals surface area contributed by atoms with E-state index in [4.69, 9.17) is 10.5 Å². The molecule has 2 aromatic rings. The number of hydrogen-bond donors (Lipinski definition) is 2. The Bertz CT molecular complexity index is 618. The standard InChI is InChI=1S/C10H9F3N2O2S/c11-10(12,13)17-6-1-2-7-8(5-6)18-9(14)15(7)3-4-16/h1-2,5,14,16H,3-4H2. The van der Waals surface area contributed by atoms with Crippen LogP contribution in [-0.4, -0.2) is 22.6 Å². The second kappa shape index (κ2) is 4.62. The van der Waals surface area contributed by atoms with E-state index in [9.17, 15) is 13.2 Å². The van der Waals surface area contributed by atoms with Crippen molar-refractivity contribution < 1.29 is 23.0 Å². The summed E-state index contributed by atoms with van der Waals surface area (Å²) >= 11 is 1.03. The van der Waals surface area contributed by atoms with Gasteiger partial charge in [-0.25, -0.2) is 0 Å². The third kappa shape index (κ3) is 2.65. The highest BCUT2D eigenvalue weighted by molar-refractivity contribution is 7.16. The number of alkyl halides is 3. The molecule has 18 heavy (non-hydrogen) atoms. The van der Waals surface area contributed by atoms with Gasteiger partial charge in [-0.1, -0.05) is 11.3 Å². The van der Waals surface area contributed by atoms with Crippen LogP contribution in [0, 0.1) is 5.41 Å². The van der Waals surface area contributed by atoms with E-state index in [2.05, 4.69) is 4.74 Å². The molecule has 0 saturated heterocycles. The summed E-state index contributed by atoms with van der Waals surface area (Å²) in [7, 11) is 0. The van der Waals surface area contributed by atoms with E-state index in [-0.39, 0.29) is 23.7 Å². The molecule has 2 N–H and O–H groups in total. The normalized spacial score (nSPS) is 12.0. The number of ether oxygens (including phenoxy) is 1. The summed E-state index contributed by atoms with van der Waals surface area (Å²) in [5.74, 6) is -0.313. The van der Waals surface area contributed by atoms with Crippen molar-refractivity contribution in [1.29, 1.82) is 5.41 Å². The molecule has 0 amide bonds. The molecule has 0 aliphatic rings. The maximum Gasteiger partial charge on any atom is 0.573 e. The van der Waals surface area contributed by atoms with Gasteiger partial charge in [-0.2, -0.15) is 0 Å². The van der Waals surface area contributed by atoms with Crippen LogP contribution in [0.4, 0.5) is 13.2 Å². The molecule has 1 aromatic carbocycles. The highest BCUT2D eigenvalue weighted by Crippen LogP contribution is 2.27. The monoisotopic (exact) mass is 278 g/mol. The van der Waals surface area contributed by atoms with Gasteiger partial charge in [-0.05, 0) is 18.2 Å². The van der Waals surface area contributed by atoms with Gasteiger partial charge < -0.3 is 14.4 Å². The van der Waals surface area contributed by atoms with Crippen molar-refractivity contribution in [2.75, 3.05) is 6.61 Å². The van der Waals surface area contributed by atoms with Crippen LogP contribution in [0.5, 0.6) is 5.75 Å². The molecule has 0 unspecified atom stereocenters. The van der Waals surface area contributed by atoms with Crippen LogP contribution in [0.3, 0.4) is 0 Å². The average Bonchev–Trinajstić information content (AvgIpc) is 2.53. The number of aromatic nitrogens is 1. The number of halogens is 3. The Morgan fingerprint density at radius 2 is 2.11 bits per heavy atom. The van der Waals surface area contributed by atoms with Crippen LogP contribution >= 0.6 is 11.3 Å². The molecule has 0 saturated carbocycles. The molecule has 1 aromatic heterocycles. The van der Waals surface area contributed by atoms with Crippen LogP contribution in [0.25, 0.3) is 10.2 Å². The first kappa shape index (κ1) is 12.9. The number of aliphatic hydroxyl groups excluding tert-OH is 1. The Hall–Kier alpha value is -1.54. The lowest BCUT2D eigenvalue weighted by atomic mass is 10.3. The summed E-state index contributed by atoms with van der Waals surface area (Å²) < 4.78 is 42.0. The van der Waals surface area contributed by atoms with E-state index in [0.717, 1.165) is 11.3 Å². The molecule has 0 atom stereocenters. The number of fused-ring (bicyclic) bond motifs is 1. The Labute approximate surface area is 103 Å². The molecule has 2 rings (SSSR count). The largest absolute Gasteiger partial charge is 0.573 e. The van der Waals surface area contributed by atoms with Crippen molar-refractivity contribution in [3.63, 3.8) is 0 Å². The molecular weight excluding hydrogens is 269 g/mol. The maximum atomic E-state index is 12.1. The molecule has 0 fully saturated rings. The fraction of sp³-hybridized carbons (Fsp3) is 0.300. The lowest BCUT2D eigenvalue weighted by molar-refractivity contribution is -0.274. The van der Waals surface area contributed by atoms with Gasteiger partial charge in [0.25, 0.3) is 0 Å². The summed E-state index contributed by atoms with van der Waals surface area (Å²) in [6.45, 7) is 0.0987. The highest BCUT2D eigenvalue weighted by atomic mass is 32.1. The molecule has 8 heteroatoms. The first-order chi connectivity index (χ1) is 8.40. The Morgan fingerprint density at radius 1 is 1.39 bits per heavy atom. The zero-order valence-corrected chi connectivity index (χ0v) is 9.81. The van der Waals surface area contributed by atoms with Crippen LogP contribution in [-0.2, 0) is 6.54 Å². The summed E-state index contributed by atoms with van der Waals surface area (Å²) in [5.41, 5.74) is 0.605. The molecule has 0 aliphatic heterocycles. The molecule has 0 aliphatic carbocycles. The SMILES string of the molecule is N=c1sc2cc(OC(F)(F)F)ccc2n1CCO. The number of nitrogens with one attached hydrogen (secondary N) is 1. The summed E-state index contributed by atoms with van der Waals surface area (Å²) in [6.07, 6.45) is -4.73.